The maximum atomic E-state index is 12.6. The van der Waals surface area contributed by atoms with E-state index in [-0.39, 0.29) is 6.10 Å². The molecule has 0 aromatic carbocycles. The van der Waals surface area contributed by atoms with Gasteiger partial charge in [0.2, 0.25) is 0 Å². The van der Waals surface area contributed by atoms with E-state index in [2.05, 4.69) is 35.8 Å². The van der Waals surface area contributed by atoms with Gasteiger partial charge in [-0.3, -0.25) is 0 Å². The minimum atomic E-state index is -0.476. The largest absolute Gasteiger partial charge is 0.377 e. The zero-order valence-corrected chi connectivity index (χ0v) is 17.8. The molecule has 0 spiro atoms. The first-order valence-corrected chi connectivity index (χ1v) is 10.0. The highest BCUT2D eigenvalue weighted by atomic mass is 35.5. The van der Waals surface area contributed by atoms with E-state index >= 15 is 0 Å². The molecular weight excluding hydrogens is 428 g/mol. The summed E-state index contributed by atoms with van der Waals surface area (Å²) < 4.78 is 5.48. The predicted octanol–water partition coefficient (Wildman–Crippen LogP) is 3.98. The molecule has 2 amide bonds. The highest BCUT2D eigenvalue weighted by molar-refractivity contribution is 7.18. The van der Waals surface area contributed by atoms with Crippen molar-refractivity contribution in [3.05, 3.63) is 46.4 Å². The second-order valence-corrected chi connectivity index (χ2v) is 7.87. The van der Waals surface area contributed by atoms with E-state index in [1.54, 1.807) is 19.4 Å². The number of methoxy groups -OCH3 is 1. The molecule has 0 bridgehead atoms. The van der Waals surface area contributed by atoms with Crippen molar-refractivity contribution in [1.82, 2.24) is 29.9 Å². The van der Waals surface area contributed by atoms with Gasteiger partial charge in [-0.05, 0) is 19.9 Å². The molecule has 154 valence electrons. The quantitative estimate of drug-likeness (QED) is 0.477. The van der Waals surface area contributed by atoms with Crippen molar-refractivity contribution in [2.75, 3.05) is 17.7 Å². The van der Waals surface area contributed by atoms with Gasteiger partial charge in [0.25, 0.3) is 0 Å². The summed E-state index contributed by atoms with van der Waals surface area (Å²) in [6.07, 6.45) is 5.82. The van der Waals surface area contributed by atoms with Crippen LogP contribution in [0.25, 0.3) is 16.2 Å². The number of urea groups is 1. The van der Waals surface area contributed by atoms with Crippen molar-refractivity contribution >= 4 is 50.7 Å². The summed E-state index contributed by atoms with van der Waals surface area (Å²) in [6.45, 7) is 3.80. The van der Waals surface area contributed by atoms with Gasteiger partial charge in [0.05, 0.1) is 52.3 Å². The Kier molecular flexibility index (Phi) is 5.57. The van der Waals surface area contributed by atoms with Crippen LogP contribution in [0.2, 0.25) is 5.02 Å². The Hall–Kier alpha value is -3.15. The molecule has 0 aliphatic heterocycles. The van der Waals surface area contributed by atoms with Crippen molar-refractivity contribution in [2.24, 2.45) is 0 Å². The van der Waals surface area contributed by atoms with Gasteiger partial charge in [0.1, 0.15) is 10.3 Å². The van der Waals surface area contributed by atoms with Crippen LogP contribution in [0, 0.1) is 6.92 Å². The zero-order valence-electron chi connectivity index (χ0n) is 16.3. The summed E-state index contributed by atoms with van der Waals surface area (Å²) in [7, 11) is 1.60. The Morgan fingerprint density at radius 1 is 1.23 bits per heavy atom. The summed E-state index contributed by atoms with van der Waals surface area (Å²) >= 11 is 7.73. The number of aromatic nitrogens is 6. The minimum Gasteiger partial charge on any atom is -0.377 e. The molecule has 0 saturated heterocycles. The second-order valence-electron chi connectivity index (χ2n) is 6.28. The summed E-state index contributed by atoms with van der Waals surface area (Å²) in [5.41, 5.74) is 2.40. The molecule has 2 N–H and O–H groups in total. The molecule has 0 aliphatic rings. The minimum absolute atomic E-state index is 0.288. The standard InChI is InChI=1S/C18H17ClN8O2S/c1-9(29-3)14-13(8-21-17-15(14)24-10(2)30-17)26-18(28)25-11-6-12(19)16(20-7-11)27-22-4-5-23-27/h4-9H,1-3H3,(H2,25,26,28). The van der Waals surface area contributed by atoms with Gasteiger partial charge in [0, 0.05) is 12.7 Å². The number of halogens is 1. The number of pyridine rings is 2. The molecule has 4 aromatic heterocycles. The normalized spacial score (nSPS) is 12.1. The van der Waals surface area contributed by atoms with E-state index in [1.165, 1.54) is 34.7 Å². The number of thiazole rings is 1. The van der Waals surface area contributed by atoms with Crippen LogP contribution in [-0.2, 0) is 4.74 Å². The van der Waals surface area contributed by atoms with Gasteiger partial charge in [-0.25, -0.2) is 19.7 Å². The Labute approximate surface area is 180 Å². The number of nitrogens with zero attached hydrogens (tertiary/aromatic N) is 6. The number of hydrogen-bond acceptors (Lipinski definition) is 8. The average molecular weight is 445 g/mol. The number of anilines is 2. The molecule has 4 rings (SSSR count). The SMILES string of the molecule is COC(C)c1c(NC(=O)Nc2cnc(-n3nccn3)c(Cl)c2)cnc2sc(C)nc12. The number of ether oxygens (including phenoxy) is 1. The highest BCUT2D eigenvalue weighted by Gasteiger charge is 2.20. The Morgan fingerprint density at radius 2 is 2.00 bits per heavy atom. The third-order valence-corrected chi connectivity index (χ3v) is 5.43. The van der Waals surface area contributed by atoms with Crippen LogP contribution in [0.1, 0.15) is 23.6 Å². The number of aryl methyl sites for hydroxylation is 1. The Morgan fingerprint density at radius 3 is 2.70 bits per heavy atom. The van der Waals surface area contributed by atoms with Crippen LogP contribution in [0.4, 0.5) is 16.2 Å². The number of carbonyl (C=O) groups is 1. The fourth-order valence-corrected chi connectivity index (χ4v) is 3.90. The fraction of sp³-hybridized carbons (Fsp3) is 0.222. The van der Waals surface area contributed by atoms with Crippen LogP contribution in [-0.4, -0.2) is 43.1 Å². The lowest BCUT2D eigenvalue weighted by atomic mass is 10.1. The molecule has 12 heteroatoms. The maximum Gasteiger partial charge on any atom is 0.323 e. The van der Waals surface area contributed by atoms with Crippen molar-refractivity contribution in [3.63, 3.8) is 0 Å². The topological polar surface area (TPSA) is 120 Å². The monoisotopic (exact) mass is 444 g/mol. The molecule has 0 radical (unpaired) electrons. The number of nitrogens with one attached hydrogen (secondary N) is 2. The Bertz CT molecular complexity index is 1210. The van der Waals surface area contributed by atoms with Crippen LogP contribution in [0.15, 0.2) is 30.9 Å². The average Bonchev–Trinajstić information content (AvgIpc) is 3.36. The van der Waals surface area contributed by atoms with E-state index in [0.717, 1.165) is 15.4 Å². The summed E-state index contributed by atoms with van der Waals surface area (Å²) in [5.74, 6) is 0.359. The lowest BCUT2D eigenvalue weighted by Gasteiger charge is -2.16. The van der Waals surface area contributed by atoms with Crippen LogP contribution < -0.4 is 10.6 Å². The highest BCUT2D eigenvalue weighted by Crippen LogP contribution is 2.33. The molecule has 0 aliphatic carbocycles. The van der Waals surface area contributed by atoms with Gasteiger partial charge in [0.15, 0.2) is 5.82 Å². The van der Waals surface area contributed by atoms with Gasteiger partial charge >= 0.3 is 6.03 Å². The van der Waals surface area contributed by atoms with Crippen LogP contribution in [0.5, 0.6) is 0 Å². The summed E-state index contributed by atoms with van der Waals surface area (Å²) in [4.78, 5) is 27.8. The molecule has 30 heavy (non-hydrogen) atoms. The van der Waals surface area contributed by atoms with Gasteiger partial charge in [-0.2, -0.15) is 10.2 Å². The molecule has 4 heterocycles. The number of carbonyl (C=O) groups excluding carboxylic acids is 1. The lowest BCUT2D eigenvalue weighted by Crippen LogP contribution is -2.21. The van der Waals surface area contributed by atoms with Crippen molar-refractivity contribution in [1.29, 1.82) is 0 Å². The molecule has 10 nitrogen and oxygen atoms in total. The first kappa shape index (κ1) is 20.1. The van der Waals surface area contributed by atoms with Crippen LogP contribution >= 0.6 is 22.9 Å². The number of rotatable bonds is 5. The fourth-order valence-electron chi connectivity index (χ4n) is 2.88. The molecule has 1 unspecified atom stereocenters. The number of fused-ring (bicyclic) bond motifs is 1. The first-order chi connectivity index (χ1) is 14.5. The predicted molar refractivity (Wildman–Crippen MR) is 114 cm³/mol. The number of amides is 2. The molecular formula is C18H17ClN8O2S. The smallest absolute Gasteiger partial charge is 0.323 e. The van der Waals surface area contributed by atoms with Crippen molar-refractivity contribution < 1.29 is 9.53 Å². The van der Waals surface area contributed by atoms with Crippen molar-refractivity contribution in [2.45, 2.75) is 20.0 Å². The molecule has 1 atom stereocenters. The van der Waals surface area contributed by atoms with Crippen molar-refractivity contribution in [3.8, 4) is 5.82 Å². The zero-order chi connectivity index (χ0) is 21.3. The van der Waals surface area contributed by atoms with E-state index < -0.39 is 6.03 Å². The third-order valence-electron chi connectivity index (χ3n) is 4.27. The summed E-state index contributed by atoms with van der Waals surface area (Å²) in [6, 6.07) is 1.09. The molecule has 0 saturated carbocycles. The maximum absolute atomic E-state index is 12.6. The second kappa shape index (κ2) is 8.30. The number of hydrogen-bond donors (Lipinski definition) is 2. The Balaban J connectivity index is 1.57. The van der Waals surface area contributed by atoms with Gasteiger partial charge in [-0.1, -0.05) is 22.9 Å². The van der Waals surface area contributed by atoms with E-state index in [9.17, 15) is 4.79 Å². The van der Waals surface area contributed by atoms with E-state index in [4.69, 9.17) is 16.3 Å². The molecule has 0 fully saturated rings. The third kappa shape index (κ3) is 3.95. The molecule has 4 aromatic rings. The van der Waals surface area contributed by atoms with Gasteiger partial charge in [-0.15, -0.1) is 4.80 Å². The van der Waals surface area contributed by atoms with E-state index in [1.807, 2.05) is 13.8 Å². The van der Waals surface area contributed by atoms with Crippen LogP contribution in [0.3, 0.4) is 0 Å². The summed E-state index contributed by atoms with van der Waals surface area (Å²) in [5, 5.41) is 14.7. The van der Waals surface area contributed by atoms with Gasteiger partial charge < -0.3 is 15.4 Å². The lowest BCUT2D eigenvalue weighted by molar-refractivity contribution is 0.121. The van der Waals surface area contributed by atoms with E-state index in [0.29, 0.717) is 27.7 Å². The first-order valence-electron chi connectivity index (χ1n) is 8.85.